The van der Waals surface area contributed by atoms with E-state index in [9.17, 15) is 5.11 Å². The van der Waals surface area contributed by atoms with E-state index >= 15 is 0 Å². The van der Waals surface area contributed by atoms with Gasteiger partial charge in [-0.1, -0.05) is 13.8 Å². The lowest BCUT2D eigenvalue weighted by atomic mass is 10.1. The maximum atomic E-state index is 10.1. The molecular formula is C14H30N2O2. The SMILES string of the molecule is CCC(CC)N(CCOC)CC(O)CNC1CC1. The quantitative estimate of drug-likeness (QED) is 0.585. The molecule has 4 nitrogen and oxygen atoms in total. The Bertz CT molecular complexity index is 206. The fourth-order valence-electron chi connectivity index (χ4n) is 2.36. The standard InChI is InChI=1S/C14H30N2O2/c1-4-13(5-2)16(8-9-18-3)11-14(17)10-15-12-6-7-12/h12-15,17H,4-11H2,1-3H3. The molecular weight excluding hydrogens is 228 g/mol. The minimum atomic E-state index is -0.275. The minimum Gasteiger partial charge on any atom is -0.390 e. The van der Waals surface area contributed by atoms with Gasteiger partial charge in [0.15, 0.2) is 0 Å². The van der Waals surface area contributed by atoms with Crippen LogP contribution < -0.4 is 5.32 Å². The lowest BCUT2D eigenvalue weighted by Gasteiger charge is -2.32. The summed E-state index contributed by atoms with van der Waals surface area (Å²) in [7, 11) is 1.73. The van der Waals surface area contributed by atoms with Gasteiger partial charge in [0, 0.05) is 38.8 Å². The van der Waals surface area contributed by atoms with Crippen molar-refractivity contribution in [3.8, 4) is 0 Å². The first-order chi connectivity index (χ1) is 8.71. The van der Waals surface area contributed by atoms with Gasteiger partial charge in [-0.2, -0.15) is 0 Å². The molecule has 108 valence electrons. The first kappa shape index (κ1) is 15.9. The Morgan fingerprint density at radius 1 is 1.33 bits per heavy atom. The summed E-state index contributed by atoms with van der Waals surface area (Å²) >= 11 is 0. The van der Waals surface area contributed by atoms with E-state index in [1.165, 1.54) is 12.8 Å². The molecule has 0 heterocycles. The maximum absolute atomic E-state index is 10.1. The number of hydrogen-bond donors (Lipinski definition) is 2. The zero-order chi connectivity index (χ0) is 13.4. The van der Waals surface area contributed by atoms with Crippen LogP contribution in [0, 0.1) is 0 Å². The van der Waals surface area contributed by atoms with Crippen molar-refractivity contribution in [3.05, 3.63) is 0 Å². The summed E-state index contributed by atoms with van der Waals surface area (Å²) in [6.45, 7) is 7.53. The number of ether oxygens (including phenoxy) is 1. The van der Waals surface area contributed by atoms with Gasteiger partial charge in [-0.25, -0.2) is 0 Å². The number of nitrogens with zero attached hydrogens (tertiary/aromatic N) is 1. The second-order valence-electron chi connectivity index (χ2n) is 5.29. The van der Waals surface area contributed by atoms with E-state index in [0.717, 1.165) is 32.5 Å². The number of methoxy groups -OCH3 is 1. The largest absolute Gasteiger partial charge is 0.390 e. The zero-order valence-corrected chi connectivity index (χ0v) is 12.2. The van der Waals surface area contributed by atoms with E-state index < -0.39 is 0 Å². The Labute approximate surface area is 112 Å². The Hall–Kier alpha value is -0.160. The number of aliphatic hydroxyl groups is 1. The van der Waals surface area contributed by atoms with Crippen LogP contribution in [0.25, 0.3) is 0 Å². The molecule has 0 saturated heterocycles. The lowest BCUT2D eigenvalue weighted by Crippen LogP contribution is -2.45. The summed E-state index contributed by atoms with van der Waals surface area (Å²) < 4.78 is 5.16. The van der Waals surface area contributed by atoms with Crippen LogP contribution in [0.3, 0.4) is 0 Å². The van der Waals surface area contributed by atoms with Crippen LogP contribution >= 0.6 is 0 Å². The molecule has 1 aliphatic rings. The van der Waals surface area contributed by atoms with E-state index in [0.29, 0.717) is 18.6 Å². The van der Waals surface area contributed by atoms with Crippen LogP contribution in [0.15, 0.2) is 0 Å². The van der Waals surface area contributed by atoms with Gasteiger partial charge in [0.25, 0.3) is 0 Å². The molecule has 0 spiro atoms. The molecule has 2 N–H and O–H groups in total. The van der Waals surface area contributed by atoms with Gasteiger partial charge in [0.2, 0.25) is 0 Å². The van der Waals surface area contributed by atoms with Gasteiger partial charge in [-0.15, -0.1) is 0 Å². The number of hydrogen-bond acceptors (Lipinski definition) is 4. The molecule has 1 unspecified atom stereocenters. The van der Waals surface area contributed by atoms with E-state index in [1.807, 2.05) is 0 Å². The fraction of sp³-hybridized carbons (Fsp3) is 1.00. The smallest absolute Gasteiger partial charge is 0.0791 e. The number of nitrogens with one attached hydrogen (secondary N) is 1. The highest BCUT2D eigenvalue weighted by atomic mass is 16.5. The highest BCUT2D eigenvalue weighted by Crippen LogP contribution is 2.18. The Balaban J connectivity index is 2.31. The first-order valence-electron chi connectivity index (χ1n) is 7.35. The Kier molecular flexibility index (Phi) is 7.82. The van der Waals surface area contributed by atoms with Crippen molar-refractivity contribution in [3.63, 3.8) is 0 Å². The second-order valence-corrected chi connectivity index (χ2v) is 5.29. The highest BCUT2D eigenvalue weighted by molar-refractivity contribution is 4.83. The maximum Gasteiger partial charge on any atom is 0.0791 e. The summed E-state index contributed by atoms with van der Waals surface area (Å²) in [4.78, 5) is 2.36. The summed E-state index contributed by atoms with van der Waals surface area (Å²) in [5.41, 5.74) is 0. The third kappa shape index (κ3) is 6.14. The topological polar surface area (TPSA) is 44.7 Å². The monoisotopic (exact) mass is 258 g/mol. The average Bonchev–Trinajstić information content (AvgIpc) is 3.18. The normalized spacial score (nSPS) is 17.7. The first-order valence-corrected chi connectivity index (χ1v) is 7.35. The molecule has 0 aromatic heterocycles. The van der Waals surface area contributed by atoms with Crippen molar-refractivity contribution in [2.45, 2.75) is 57.7 Å². The van der Waals surface area contributed by atoms with Crippen LogP contribution in [0.2, 0.25) is 0 Å². The molecule has 4 heteroatoms. The Morgan fingerprint density at radius 2 is 2.00 bits per heavy atom. The van der Waals surface area contributed by atoms with Crippen LogP contribution in [0.1, 0.15) is 39.5 Å². The van der Waals surface area contributed by atoms with Crippen molar-refractivity contribution in [1.82, 2.24) is 10.2 Å². The van der Waals surface area contributed by atoms with Crippen molar-refractivity contribution >= 4 is 0 Å². The van der Waals surface area contributed by atoms with Gasteiger partial charge in [-0.05, 0) is 25.7 Å². The molecule has 0 aliphatic heterocycles. The van der Waals surface area contributed by atoms with E-state index in [-0.39, 0.29) is 6.10 Å². The van der Waals surface area contributed by atoms with Gasteiger partial charge < -0.3 is 15.2 Å². The van der Waals surface area contributed by atoms with Crippen LogP contribution in [0.5, 0.6) is 0 Å². The fourth-order valence-corrected chi connectivity index (χ4v) is 2.36. The lowest BCUT2D eigenvalue weighted by molar-refractivity contribution is 0.0609. The molecule has 1 aliphatic carbocycles. The Morgan fingerprint density at radius 3 is 2.50 bits per heavy atom. The van der Waals surface area contributed by atoms with E-state index in [1.54, 1.807) is 7.11 Å². The van der Waals surface area contributed by atoms with Crippen LogP contribution in [-0.2, 0) is 4.74 Å². The molecule has 0 aromatic rings. The zero-order valence-electron chi connectivity index (χ0n) is 12.2. The van der Waals surface area contributed by atoms with Crippen molar-refractivity contribution < 1.29 is 9.84 Å². The minimum absolute atomic E-state index is 0.275. The molecule has 1 rings (SSSR count). The second kappa shape index (κ2) is 8.86. The van der Waals surface area contributed by atoms with Crippen molar-refractivity contribution in [2.24, 2.45) is 0 Å². The molecule has 0 amide bonds. The highest BCUT2D eigenvalue weighted by Gasteiger charge is 2.23. The van der Waals surface area contributed by atoms with Crippen molar-refractivity contribution in [2.75, 3.05) is 33.4 Å². The average molecular weight is 258 g/mol. The predicted molar refractivity (Wildman–Crippen MR) is 74.9 cm³/mol. The van der Waals surface area contributed by atoms with Gasteiger partial charge in [-0.3, -0.25) is 4.90 Å². The predicted octanol–water partition coefficient (Wildman–Crippen LogP) is 1.24. The third-order valence-electron chi connectivity index (χ3n) is 3.71. The summed E-state index contributed by atoms with van der Waals surface area (Å²) in [5.74, 6) is 0. The van der Waals surface area contributed by atoms with Crippen molar-refractivity contribution in [1.29, 1.82) is 0 Å². The molecule has 0 aromatic carbocycles. The van der Waals surface area contributed by atoms with E-state index in [2.05, 4.69) is 24.1 Å². The van der Waals surface area contributed by atoms with Gasteiger partial charge in [0.1, 0.15) is 0 Å². The van der Waals surface area contributed by atoms with Gasteiger partial charge in [0.05, 0.1) is 12.7 Å². The molecule has 1 fully saturated rings. The number of rotatable bonds is 11. The van der Waals surface area contributed by atoms with E-state index in [4.69, 9.17) is 4.74 Å². The summed E-state index contributed by atoms with van der Waals surface area (Å²) in [6.07, 6.45) is 4.52. The summed E-state index contributed by atoms with van der Waals surface area (Å²) in [5, 5.41) is 13.5. The number of aliphatic hydroxyl groups excluding tert-OH is 1. The third-order valence-corrected chi connectivity index (χ3v) is 3.71. The molecule has 18 heavy (non-hydrogen) atoms. The van der Waals surface area contributed by atoms with Crippen LogP contribution in [0.4, 0.5) is 0 Å². The molecule has 0 radical (unpaired) electrons. The summed E-state index contributed by atoms with van der Waals surface area (Å²) in [6, 6.07) is 1.22. The van der Waals surface area contributed by atoms with Gasteiger partial charge >= 0.3 is 0 Å². The van der Waals surface area contributed by atoms with Crippen LogP contribution in [-0.4, -0.2) is 61.5 Å². The molecule has 1 saturated carbocycles. The molecule has 0 bridgehead atoms. The molecule has 1 atom stereocenters.